The summed E-state index contributed by atoms with van der Waals surface area (Å²) in [5, 5.41) is 6.51. The number of fused-ring (bicyclic) bond motifs is 1. The lowest BCUT2D eigenvalue weighted by Crippen LogP contribution is -2.36. The van der Waals surface area contributed by atoms with Crippen LogP contribution < -0.4 is 10.6 Å². The fraction of sp³-hybridized carbons (Fsp3) is 0.706. The van der Waals surface area contributed by atoms with E-state index in [2.05, 4.69) is 41.4 Å². The fourth-order valence-corrected chi connectivity index (χ4v) is 3.24. The molecule has 1 aliphatic carbocycles. The topological polar surface area (TPSA) is 46.1 Å². The van der Waals surface area contributed by atoms with E-state index in [1.807, 2.05) is 7.05 Å². The first-order valence-corrected chi connectivity index (χ1v) is 8.33. The summed E-state index contributed by atoms with van der Waals surface area (Å²) in [7, 11) is 2.02. The molecule has 0 saturated carbocycles. The van der Waals surface area contributed by atoms with Crippen LogP contribution in [0.4, 0.5) is 0 Å². The Bertz CT molecular complexity index is 463. The van der Waals surface area contributed by atoms with Gasteiger partial charge >= 0.3 is 0 Å². The Hall–Kier alpha value is -1.29. The summed E-state index contributed by atoms with van der Waals surface area (Å²) in [6.07, 6.45) is 11.1. The van der Waals surface area contributed by atoms with Crippen LogP contribution in [-0.4, -0.2) is 23.6 Å². The molecule has 0 aliphatic heterocycles. The van der Waals surface area contributed by atoms with Crippen LogP contribution in [0.3, 0.4) is 0 Å². The molecule has 1 aromatic rings. The van der Waals surface area contributed by atoms with Crippen LogP contribution in [0.2, 0.25) is 0 Å². The van der Waals surface area contributed by atoms with Crippen LogP contribution in [0.5, 0.6) is 0 Å². The third-order valence-electron chi connectivity index (χ3n) is 4.59. The molecule has 1 atom stereocenters. The monoisotopic (exact) mass is 291 g/mol. The minimum atomic E-state index is 0.120. The highest BCUT2D eigenvalue weighted by molar-refractivity contribution is 5.76. The van der Waals surface area contributed by atoms with E-state index in [0.717, 1.165) is 19.3 Å². The van der Waals surface area contributed by atoms with E-state index in [1.165, 1.54) is 30.4 Å². The van der Waals surface area contributed by atoms with E-state index in [1.54, 1.807) is 0 Å². The van der Waals surface area contributed by atoms with Crippen LogP contribution >= 0.6 is 0 Å². The van der Waals surface area contributed by atoms with Gasteiger partial charge in [-0.15, -0.1) is 0 Å². The molecule has 0 fully saturated rings. The molecule has 118 valence electrons. The van der Waals surface area contributed by atoms with E-state index >= 15 is 0 Å². The van der Waals surface area contributed by atoms with Gasteiger partial charge in [-0.25, -0.2) is 0 Å². The molecule has 0 aromatic carbocycles. The number of nitrogens with zero attached hydrogens (tertiary/aromatic N) is 1. The van der Waals surface area contributed by atoms with Gasteiger partial charge in [-0.3, -0.25) is 4.79 Å². The van der Waals surface area contributed by atoms with Crippen LogP contribution in [-0.2, 0) is 17.8 Å². The van der Waals surface area contributed by atoms with Gasteiger partial charge in [-0.1, -0.05) is 20.3 Å². The number of hydrogen-bond acceptors (Lipinski definition) is 2. The first-order chi connectivity index (χ1) is 10.2. The van der Waals surface area contributed by atoms with E-state index < -0.39 is 0 Å². The second-order valence-electron chi connectivity index (χ2n) is 6.08. The number of aromatic nitrogens is 1. The van der Waals surface area contributed by atoms with Crippen molar-refractivity contribution >= 4 is 5.91 Å². The van der Waals surface area contributed by atoms with Crippen LogP contribution in [0.25, 0.3) is 0 Å². The number of nitrogens with one attached hydrogen (secondary N) is 2. The number of amides is 1. The minimum Gasteiger partial charge on any atom is -0.352 e. The molecule has 1 unspecified atom stereocenters. The zero-order chi connectivity index (χ0) is 15.2. The average Bonchev–Trinajstić information content (AvgIpc) is 2.77. The fourth-order valence-electron chi connectivity index (χ4n) is 3.24. The number of carbonyl (C=O) groups excluding carboxylic acids is 1. The van der Waals surface area contributed by atoms with Gasteiger partial charge in [0.15, 0.2) is 0 Å². The van der Waals surface area contributed by atoms with Crippen molar-refractivity contribution in [2.45, 2.75) is 71.0 Å². The maximum absolute atomic E-state index is 12.1. The molecule has 0 bridgehead atoms. The van der Waals surface area contributed by atoms with Crippen molar-refractivity contribution < 1.29 is 4.79 Å². The Morgan fingerprint density at radius 1 is 1.33 bits per heavy atom. The predicted molar refractivity (Wildman–Crippen MR) is 86.3 cm³/mol. The zero-order valence-electron chi connectivity index (χ0n) is 13.6. The third-order valence-corrected chi connectivity index (χ3v) is 4.59. The summed E-state index contributed by atoms with van der Waals surface area (Å²) < 4.78 is 2.05. The molecule has 1 aliphatic rings. The van der Waals surface area contributed by atoms with E-state index in [4.69, 9.17) is 0 Å². The molecule has 1 amide bonds. The number of aryl methyl sites for hydroxylation is 1. The highest BCUT2D eigenvalue weighted by Crippen LogP contribution is 2.29. The van der Waals surface area contributed by atoms with Gasteiger partial charge in [-0.05, 0) is 50.3 Å². The first-order valence-electron chi connectivity index (χ1n) is 8.33. The Kier molecular flexibility index (Phi) is 5.85. The molecule has 21 heavy (non-hydrogen) atoms. The van der Waals surface area contributed by atoms with Gasteiger partial charge in [0.2, 0.25) is 5.91 Å². The summed E-state index contributed by atoms with van der Waals surface area (Å²) >= 11 is 0. The van der Waals surface area contributed by atoms with Crippen molar-refractivity contribution in [3.8, 4) is 0 Å². The summed E-state index contributed by atoms with van der Waals surface area (Å²) in [6.45, 7) is 4.66. The summed E-state index contributed by atoms with van der Waals surface area (Å²) in [5.74, 6) is 0.120. The molecular formula is C17H29N3O. The second-order valence-corrected chi connectivity index (χ2v) is 6.08. The maximum Gasteiger partial charge on any atom is 0.240 e. The Morgan fingerprint density at radius 2 is 2.10 bits per heavy atom. The average molecular weight is 291 g/mol. The quantitative estimate of drug-likeness (QED) is 0.792. The van der Waals surface area contributed by atoms with Crippen molar-refractivity contribution in [3.63, 3.8) is 0 Å². The predicted octanol–water partition coefficient (Wildman–Crippen LogP) is 2.78. The lowest BCUT2D eigenvalue weighted by Gasteiger charge is -2.15. The van der Waals surface area contributed by atoms with Gasteiger partial charge in [0.05, 0.1) is 0 Å². The van der Waals surface area contributed by atoms with Crippen LogP contribution in [0.1, 0.15) is 63.1 Å². The van der Waals surface area contributed by atoms with E-state index in [0.29, 0.717) is 18.6 Å². The molecule has 0 saturated heterocycles. The molecule has 2 N–H and O–H groups in total. The van der Waals surface area contributed by atoms with Crippen molar-refractivity contribution in [2.24, 2.45) is 0 Å². The van der Waals surface area contributed by atoms with E-state index in [9.17, 15) is 4.79 Å². The summed E-state index contributed by atoms with van der Waals surface area (Å²) in [6, 6.07) is 0.738. The lowest BCUT2D eigenvalue weighted by atomic mass is 10.1. The molecule has 0 spiro atoms. The molecule has 2 rings (SSSR count). The van der Waals surface area contributed by atoms with Crippen LogP contribution in [0.15, 0.2) is 12.4 Å². The zero-order valence-corrected chi connectivity index (χ0v) is 13.6. The smallest absolute Gasteiger partial charge is 0.240 e. The maximum atomic E-state index is 12.1. The number of rotatable bonds is 6. The molecule has 4 heteroatoms. The minimum absolute atomic E-state index is 0.120. The first kappa shape index (κ1) is 16.1. The normalized spacial score (nSPS) is 18.4. The van der Waals surface area contributed by atoms with Gasteiger partial charge in [0, 0.05) is 24.5 Å². The Morgan fingerprint density at radius 3 is 2.76 bits per heavy atom. The van der Waals surface area contributed by atoms with Crippen molar-refractivity contribution in [1.29, 1.82) is 0 Å². The number of hydrogen-bond donors (Lipinski definition) is 2. The standard InChI is InChI=1S/C17H29N3O/c1-4-14(5-2)19-17(21)12-20-10-13-8-6-7-9-16(18-3)15(13)11-20/h10-11,14,16,18H,4-9,12H2,1-3H3,(H,19,21). The Balaban J connectivity index is 2.03. The molecule has 1 heterocycles. The highest BCUT2D eigenvalue weighted by Gasteiger charge is 2.19. The summed E-state index contributed by atoms with van der Waals surface area (Å²) in [4.78, 5) is 12.1. The van der Waals surface area contributed by atoms with Gasteiger partial charge in [0.25, 0.3) is 0 Å². The Labute approximate surface area is 128 Å². The van der Waals surface area contributed by atoms with Crippen molar-refractivity contribution in [1.82, 2.24) is 15.2 Å². The third kappa shape index (κ3) is 4.10. The molecule has 1 aromatic heterocycles. The SMILES string of the molecule is CCC(CC)NC(=O)Cn1cc2c(c1)C(NC)CCCC2. The molecular weight excluding hydrogens is 262 g/mol. The molecule has 0 radical (unpaired) electrons. The number of carbonyl (C=O) groups is 1. The van der Waals surface area contributed by atoms with E-state index in [-0.39, 0.29) is 5.91 Å². The lowest BCUT2D eigenvalue weighted by molar-refractivity contribution is -0.122. The largest absolute Gasteiger partial charge is 0.352 e. The molecule has 4 nitrogen and oxygen atoms in total. The highest BCUT2D eigenvalue weighted by atomic mass is 16.2. The van der Waals surface area contributed by atoms with Gasteiger partial charge < -0.3 is 15.2 Å². The van der Waals surface area contributed by atoms with Gasteiger partial charge in [-0.2, -0.15) is 0 Å². The van der Waals surface area contributed by atoms with Gasteiger partial charge in [0.1, 0.15) is 6.54 Å². The van der Waals surface area contributed by atoms with Crippen LogP contribution in [0, 0.1) is 0 Å². The van der Waals surface area contributed by atoms with Crippen molar-refractivity contribution in [3.05, 3.63) is 23.5 Å². The van der Waals surface area contributed by atoms with Crippen molar-refractivity contribution in [2.75, 3.05) is 7.05 Å². The summed E-state index contributed by atoms with van der Waals surface area (Å²) in [5.41, 5.74) is 2.78. The second kappa shape index (κ2) is 7.64.